The summed E-state index contributed by atoms with van der Waals surface area (Å²) in [6.45, 7) is 6.02. The molecule has 4 nitrogen and oxygen atoms in total. The van der Waals surface area contributed by atoms with Crippen LogP contribution in [0.1, 0.15) is 27.2 Å². The molecule has 0 saturated heterocycles. The van der Waals surface area contributed by atoms with Gasteiger partial charge in [0.2, 0.25) is 0 Å². The predicted molar refractivity (Wildman–Crippen MR) is 58.1 cm³/mol. The summed E-state index contributed by atoms with van der Waals surface area (Å²) in [7, 11) is -2.98. The smallest absolute Gasteiger partial charge is 0.147 e. The van der Waals surface area contributed by atoms with Gasteiger partial charge in [0.15, 0.2) is 0 Å². The molecule has 0 aliphatic carbocycles. The van der Waals surface area contributed by atoms with Crippen LogP contribution in [0, 0.1) is 0 Å². The zero-order valence-corrected chi connectivity index (χ0v) is 10.2. The first kappa shape index (κ1) is 13.9. The van der Waals surface area contributed by atoms with Gasteiger partial charge < -0.3 is 10.4 Å². The van der Waals surface area contributed by atoms with E-state index in [2.05, 4.69) is 5.32 Å². The number of aliphatic hydroxyl groups is 1. The van der Waals surface area contributed by atoms with Gasteiger partial charge in [-0.1, -0.05) is 13.8 Å². The van der Waals surface area contributed by atoms with Gasteiger partial charge in [0.1, 0.15) is 9.84 Å². The minimum Gasteiger partial charge on any atom is -0.389 e. The molecule has 1 unspecified atom stereocenters. The third kappa shape index (κ3) is 8.47. The maximum Gasteiger partial charge on any atom is 0.147 e. The molecule has 0 bridgehead atoms. The Morgan fingerprint density at radius 3 is 2.29 bits per heavy atom. The molecule has 0 spiro atoms. The highest BCUT2D eigenvalue weighted by atomic mass is 32.2. The van der Waals surface area contributed by atoms with Gasteiger partial charge in [0.25, 0.3) is 0 Å². The highest BCUT2D eigenvalue weighted by Gasteiger charge is 2.22. The van der Waals surface area contributed by atoms with Crippen molar-refractivity contribution in [3.8, 4) is 0 Å². The number of nitrogens with one attached hydrogen (secondary N) is 1. The normalized spacial score (nSPS) is 17.0. The van der Waals surface area contributed by atoms with Crippen molar-refractivity contribution in [3.05, 3.63) is 0 Å². The molecule has 0 aromatic heterocycles. The standard InChI is InChI=1S/C9H21NO3S/c1-8(2)10-7-9(3,11)5-6-14(4,12)13/h8,10-11H,5-7H2,1-4H3. The summed E-state index contributed by atoms with van der Waals surface area (Å²) in [5, 5.41) is 12.9. The van der Waals surface area contributed by atoms with Gasteiger partial charge in [-0.2, -0.15) is 0 Å². The molecule has 0 aromatic carbocycles. The Balaban J connectivity index is 3.95. The second kappa shape index (κ2) is 5.09. The Morgan fingerprint density at radius 1 is 1.43 bits per heavy atom. The molecule has 0 saturated carbocycles. The third-order valence-electron chi connectivity index (χ3n) is 1.90. The molecule has 0 radical (unpaired) electrons. The molecule has 0 aliphatic heterocycles. The molecule has 86 valence electrons. The van der Waals surface area contributed by atoms with Gasteiger partial charge in [0.05, 0.1) is 11.4 Å². The van der Waals surface area contributed by atoms with Crippen LogP contribution in [0.15, 0.2) is 0 Å². The van der Waals surface area contributed by atoms with Gasteiger partial charge in [-0.15, -0.1) is 0 Å². The van der Waals surface area contributed by atoms with Crippen LogP contribution in [0.4, 0.5) is 0 Å². The van der Waals surface area contributed by atoms with Crippen molar-refractivity contribution in [2.75, 3.05) is 18.6 Å². The van der Waals surface area contributed by atoms with Gasteiger partial charge >= 0.3 is 0 Å². The van der Waals surface area contributed by atoms with Crippen molar-refractivity contribution < 1.29 is 13.5 Å². The lowest BCUT2D eigenvalue weighted by atomic mass is 10.0. The average molecular weight is 223 g/mol. The van der Waals surface area contributed by atoms with Crippen LogP contribution in [-0.4, -0.2) is 43.7 Å². The zero-order valence-electron chi connectivity index (χ0n) is 9.37. The highest BCUT2D eigenvalue weighted by Crippen LogP contribution is 2.09. The van der Waals surface area contributed by atoms with Crippen LogP contribution in [0.25, 0.3) is 0 Å². The predicted octanol–water partition coefficient (Wildman–Crippen LogP) is 0.170. The second-order valence-corrected chi connectivity index (χ2v) is 6.67. The van der Waals surface area contributed by atoms with Gasteiger partial charge in [-0.25, -0.2) is 8.42 Å². The fourth-order valence-corrected chi connectivity index (χ4v) is 1.73. The van der Waals surface area contributed by atoms with Gasteiger partial charge in [-0.3, -0.25) is 0 Å². The molecule has 2 N–H and O–H groups in total. The molecule has 0 aliphatic rings. The third-order valence-corrected chi connectivity index (χ3v) is 2.85. The summed E-state index contributed by atoms with van der Waals surface area (Å²) in [6.07, 6.45) is 1.45. The van der Waals surface area contributed by atoms with E-state index in [9.17, 15) is 13.5 Å². The Hall–Kier alpha value is -0.130. The molecule has 14 heavy (non-hydrogen) atoms. The van der Waals surface area contributed by atoms with Crippen LogP contribution in [0.5, 0.6) is 0 Å². The van der Waals surface area contributed by atoms with Gasteiger partial charge in [0, 0.05) is 18.8 Å². The summed E-state index contributed by atoms with van der Waals surface area (Å²) in [4.78, 5) is 0. The first-order valence-corrected chi connectivity index (χ1v) is 6.82. The topological polar surface area (TPSA) is 66.4 Å². The largest absolute Gasteiger partial charge is 0.389 e. The number of sulfone groups is 1. The average Bonchev–Trinajstić information content (AvgIpc) is 1.97. The van der Waals surface area contributed by atoms with Crippen molar-refractivity contribution in [2.45, 2.75) is 38.8 Å². The van der Waals surface area contributed by atoms with E-state index in [1.165, 1.54) is 6.26 Å². The Morgan fingerprint density at radius 2 is 1.93 bits per heavy atom. The number of rotatable bonds is 6. The van der Waals surface area contributed by atoms with Crippen molar-refractivity contribution in [1.29, 1.82) is 0 Å². The summed E-state index contributed by atoms with van der Waals surface area (Å²) in [5.74, 6) is 0.0276. The van der Waals surface area contributed by atoms with E-state index in [-0.39, 0.29) is 12.2 Å². The van der Waals surface area contributed by atoms with Crippen LogP contribution in [-0.2, 0) is 9.84 Å². The summed E-state index contributed by atoms with van der Waals surface area (Å²) >= 11 is 0. The minimum atomic E-state index is -2.98. The Kier molecular flexibility index (Phi) is 5.05. The first-order chi connectivity index (χ1) is 6.12. The molecule has 0 rings (SSSR count). The Bertz CT molecular complexity index is 257. The van der Waals surface area contributed by atoms with Crippen molar-refractivity contribution in [2.24, 2.45) is 0 Å². The molecule has 0 aromatic rings. The molecular weight excluding hydrogens is 202 g/mol. The fourth-order valence-electron chi connectivity index (χ4n) is 0.918. The van der Waals surface area contributed by atoms with Crippen molar-refractivity contribution in [1.82, 2.24) is 5.32 Å². The van der Waals surface area contributed by atoms with Crippen LogP contribution in [0.2, 0.25) is 0 Å². The minimum absolute atomic E-state index is 0.0276. The van der Waals surface area contributed by atoms with E-state index < -0.39 is 15.4 Å². The zero-order chi connectivity index (χ0) is 11.4. The van der Waals surface area contributed by atoms with E-state index in [0.29, 0.717) is 12.6 Å². The SMILES string of the molecule is CC(C)NCC(C)(O)CCS(C)(=O)=O. The Labute approximate surface area is 86.6 Å². The molecular formula is C9H21NO3S. The van der Waals surface area contributed by atoms with E-state index in [4.69, 9.17) is 0 Å². The lowest BCUT2D eigenvalue weighted by Crippen LogP contribution is -2.41. The molecule has 0 amide bonds. The molecule has 1 atom stereocenters. The number of hydrogen-bond acceptors (Lipinski definition) is 4. The quantitative estimate of drug-likeness (QED) is 0.673. The lowest BCUT2D eigenvalue weighted by molar-refractivity contribution is 0.0547. The second-order valence-electron chi connectivity index (χ2n) is 4.41. The fraction of sp³-hybridized carbons (Fsp3) is 1.00. The van der Waals surface area contributed by atoms with Gasteiger partial charge in [-0.05, 0) is 13.3 Å². The lowest BCUT2D eigenvalue weighted by Gasteiger charge is -2.24. The molecule has 0 heterocycles. The maximum atomic E-state index is 10.9. The summed E-state index contributed by atoms with van der Waals surface area (Å²) < 4.78 is 21.8. The van der Waals surface area contributed by atoms with Crippen molar-refractivity contribution in [3.63, 3.8) is 0 Å². The summed E-state index contributed by atoms with van der Waals surface area (Å²) in [5.41, 5.74) is -0.951. The van der Waals surface area contributed by atoms with Crippen LogP contribution in [0.3, 0.4) is 0 Å². The number of hydrogen-bond donors (Lipinski definition) is 2. The van der Waals surface area contributed by atoms with E-state index in [1.54, 1.807) is 6.92 Å². The van der Waals surface area contributed by atoms with Crippen LogP contribution < -0.4 is 5.32 Å². The van der Waals surface area contributed by atoms with E-state index in [1.807, 2.05) is 13.8 Å². The van der Waals surface area contributed by atoms with Crippen LogP contribution >= 0.6 is 0 Å². The van der Waals surface area contributed by atoms with E-state index >= 15 is 0 Å². The van der Waals surface area contributed by atoms with Crippen molar-refractivity contribution >= 4 is 9.84 Å². The maximum absolute atomic E-state index is 10.9. The van der Waals surface area contributed by atoms with E-state index in [0.717, 1.165) is 0 Å². The highest BCUT2D eigenvalue weighted by molar-refractivity contribution is 7.90. The summed E-state index contributed by atoms with van der Waals surface area (Å²) in [6, 6.07) is 0.291. The monoisotopic (exact) mass is 223 g/mol. The molecule has 0 fully saturated rings. The molecule has 5 heteroatoms. The first-order valence-electron chi connectivity index (χ1n) is 4.76.